The van der Waals surface area contributed by atoms with Gasteiger partial charge in [0.25, 0.3) is 0 Å². The summed E-state index contributed by atoms with van der Waals surface area (Å²) < 4.78 is 13.0. The summed E-state index contributed by atoms with van der Waals surface area (Å²) in [5.74, 6) is -0.202. The van der Waals surface area contributed by atoms with Gasteiger partial charge in [0.15, 0.2) is 0 Å². The highest BCUT2D eigenvalue weighted by atomic mass is 19.1. The van der Waals surface area contributed by atoms with E-state index < -0.39 is 0 Å². The number of benzene rings is 1. The number of nitrogens with one attached hydrogen (secondary N) is 2. The first-order chi connectivity index (χ1) is 10.2. The van der Waals surface area contributed by atoms with E-state index in [9.17, 15) is 9.18 Å². The van der Waals surface area contributed by atoms with Crippen LogP contribution in [0.5, 0.6) is 0 Å². The lowest BCUT2D eigenvalue weighted by Gasteiger charge is -2.16. The molecule has 0 aliphatic heterocycles. The van der Waals surface area contributed by atoms with Gasteiger partial charge in [-0.05, 0) is 43.4 Å². The normalized spacial score (nSPS) is 16.2. The Balaban J connectivity index is 1.60. The van der Waals surface area contributed by atoms with Crippen LogP contribution in [0.2, 0.25) is 0 Å². The molecule has 3 nitrogen and oxygen atoms in total. The van der Waals surface area contributed by atoms with Crippen LogP contribution < -0.4 is 10.6 Å². The number of rotatable bonds is 5. The molecule has 1 fully saturated rings. The maximum atomic E-state index is 13.0. The van der Waals surface area contributed by atoms with Gasteiger partial charge in [-0.3, -0.25) is 0 Å². The average molecular weight is 292 g/mol. The third kappa shape index (κ3) is 6.15. The third-order valence-electron chi connectivity index (χ3n) is 4.01. The number of carbonyl (C=O) groups is 1. The maximum absolute atomic E-state index is 13.0. The number of carbonyl (C=O) groups excluding carboxylic acids is 1. The summed E-state index contributed by atoms with van der Waals surface area (Å²) in [6.45, 7) is 0.620. The number of halogens is 1. The monoisotopic (exact) mass is 292 g/mol. The van der Waals surface area contributed by atoms with Gasteiger partial charge in [-0.2, -0.15) is 0 Å². The molecule has 1 aromatic rings. The molecule has 1 aromatic carbocycles. The molecule has 2 N–H and O–H groups in total. The first kappa shape index (κ1) is 15.8. The molecule has 4 heteroatoms. The summed E-state index contributed by atoms with van der Waals surface area (Å²) in [4.78, 5) is 11.8. The van der Waals surface area contributed by atoms with E-state index in [0.717, 1.165) is 31.2 Å². The average Bonchev–Trinajstić information content (AvgIpc) is 2.72. The smallest absolute Gasteiger partial charge is 0.315 e. The van der Waals surface area contributed by atoms with Crippen molar-refractivity contribution in [3.8, 4) is 0 Å². The van der Waals surface area contributed by atoms with Gasteiger partial charge in [-0.1, -0.05) is 37.8 Å². The van der Waals surface area contributed by atoms with Crippen molar-refractivity contribution in [2.75, 3.05) is 6.54 Å². The van der Waals surface area contributed by atoms with Crippen molar-refractivity contribution >= 4 is 6.03 Å². The molecule has 0 radical (unpaired) electrons. The molecule has 0 unspecified atom stereocenters. The Bertz CT molecular complexity index is 442. The summed E-state index contributed by atoms with van der Waals surface area (Å²) in [5, 5.41) is 5.95. The second-order valence-electron chi connectivity index (χ2n) is 5.82. The second-order valence-corrected chi connectivity index (χ2v) is 5.82. The highest BCUT2D eigenvalue weighted by molar-refractivity contribution is 5.74. The van der Waals surface area contributed by atoms with E-state index in [-0.39, 0.29) is 11.8 Å². The van der Waals surface area contributed by atoms with E-state index >= 15 is 0 Å². The van der Waals surface area contributed by atoms with Crippen molar-refractivity contribution in [2.24, 2.45) is 0 Å². The Hall–Kier alpha value is -1.58. The second kappa shape index (κ2) is 8.65. The highest BCUT2D eigenvalue weighted by Crippen LogP contribution is 2.16. The molecule has 1 saturated carbocycles. The molecule has 0 aromatic heterocycles. The Morgan fingerprint density at radius 1 is 1.19 bits per heavy atom. The first-order valence-corrected chi connectivity index (χ1v) is 8.03. The van der Waals surface area contributed by atoms with Crippen molar-refractivity contribution in [1.82, 2.24) is 10.6 Å². The lowest BCUT2D eigenvalue weighted by molar-refractivity contribution is 0.235. The Kier molecular flexibility index (Phi) is 6.51. The fourth-order valence-corrected chi connectivity index (χ4v) is 2.85. The maximum Gasteiger partial charge on any atom is 0.315 e. The van der Waals surface area contributed by atoms with Crippen LogP contribution in [0, 0.1) is 5.82 Å². The summed E-state index contributed by atoms with van der Waals surface area (Å²) in [6, 6.07) is 6.89. The van der Waals surface area contributed by atoms with E-state index in [1.165, 1.54) is 31.7 Å². The van der Waals surface area contributed by atoms with Gasteiger partial charge >= 0.3 is 6.03 Å². The number of amides is 2. The Morgan fingerprint density at radius 2 is 1.95 bits per heavy atom. The van der Waals surface area contributed by atoms with Crippen LogP contribution in [0.15, 0.2) is 24.3 Å². The molecule has 0 bridgehead atoms. The lowest BCUT2D eigenvalue weighted by Crippen LogP contribution is -2.42. The molecular formula is C17H25FN2O. The molecule has 0 saturated heterocycles. The Morgan fingerprint density at radius 3 is 2.67 bits per heavy atom. The zero-order valence-electron chi connectivity index (χ0n) is 12.5. The summed E-state index contributed by atoms with van der Waals surface area (Å²) in [6.07, 6.45) is 8.78. The summed E-state index contributed by atoms with van der Waals surface area (Å²) >= 11 is 0. The molecule has 2 amide bonds. The van der Waals surface area contributed by atoms with E-state index in [1.807, 2.05) is 6.07 Å². The molecule has 1 aliphatic rings. The number of urea groups is 1. The van der Waals surface area contributed by atoms with Gasteiger partial charge in [0.1, 0.15) is 5.82 Å². The lowest BCUT2D eigenvalue weighted by atomic mass is 10.1. The van der Waals surface area contributed by atoms with Crippen LogP contribution in [0.1, 0.15) is 50.5 Å². The first-order valence-electron chi connectivity index (χ1n) is 8.03. The topological polar surface area (TPSA) is 41.1 Å². The third-order valence-corrected chi connectivity index (χ3v) is 4.01. The molecule has 0 heterocycles. The van der Waals surface area contributed by atoms with Gasteiger partial charge in [0, 0.05) is 12.6 Å². The van der Waals surface area contributed by atoms with Crippen LogP contribution >= 0.6 is 0 Å². The number of hydrogen-bond acceptors (Lipinski definition) is 1. The van der Waals surface area contributed by atoms with Crippen molar-refractivity contribution < 1.29 is 9.18 Å². The SMILES string of the molecule is O=C(NCCCc1cccc(F)c1)NC1CCCCCC1. The number of aryl methyl sites for hydroxylation is 1. The van der Waals surface area contributed by atoms with Crippen molar-refractivity contribution in [3.05, 3.63) is 35.6 Å². The molecule has 0 atom stereocenters. The summed E-state index contributed by atoms with van der Waals surface area (Å²) in [7, 11) is 0. The van der Waals surface area contributed by atoms with E-state index in [1.54, 1.807) is 12.1 Å². The van der Waals surface area contributed by atoms with Crippen LogP contribution in [-0.4, -0.2) is 18.6 Å². The van der Waals surface area contributed by atoms with Gasteiger partial charge in [0.2, 0.25) is 0 Å². The molecule has 0 spiro atoms. The molecule has 116 valence electrons. The van der Waals surface area contributed by atoms with Crippen molar-refractivity contribution in [2.45, 2.75) is 57.4 Å². The fourth-order valence-electron chi connectivity index (χ4n) is 2.85. The van der Waals surface area contributed by atoms with Gasteiger partial charge < -0.3 is 10.6 Å². The van der Waals surface area contributed by atoms with Crippen LogP contribution in [-0.2, 0) is 6.42 Å². The van der Waals surface area contributed by atoms with Gasteiger partial charge in [-0.15, -0.1) is 0 Å². The minimum atomic E-state index is -0.202. The molecule has 2 rings (SSSR count). The molecule has 1 aliphatic carbocycles. The summed E-state index contributed by atoms with van der Waals surface area (Å²) in [5.41, 5.74) is 0.973. The van der Waals surface area contributed by atoms with E-state index in [4.69, 9.17) is 0 Å². The van der Waals surface area contributed by atoms with Crippen LogP contribution in [0.3, 0.4) is 0 Å². The largest absolute Gasteiger partial charge is 0.338 e. The minimum Gasteiger partial charge on any atom is -0.338 e. The molecular weight excluding hydrogens is 267 g/mol. The molecule has 21 heavy (non-hydrogen) atoms. The van der Waals surface area contributed by atoms with E-state index in [0.29, 0.717) is 12.6 Å². The van der Waals surface area contributed by atoms with Gasteiger partial charge in [0.05, 0.1) is 0 Å². The van der Waals surface area contributed by atoms with Crippen molar-refractivity contribution in [1.29, 1.82) is 0 Å². The zero-order chi connectivity index (χ0) is 14.9. The highest BCUT2D eigenvalue weighted by Gasteiger charge is 2.13. The number of hydrogen-bond donors (Lipinski definition) is 2. The van der Waals surface area contributed by atoms with Gasteiger partial charge in [-0.25, -0.2) is 9.18 Å². The van der Waals surface area contributed by atoms with Crippen LogP contribution in [0.25, 0.3) is 0 Å². The predicted octanol–water partition coefficient (Wildman–Crippen LogP) is 3.78. The Labute approximate surface area is 126 Å². The zero-order valence-corrected chi connectivity index (χ0v) is 12.5. The quantitative estimate of drug-likeness (QED) is 0.629. The minimum absolute atomic E-state index is 0.0684. The van der Waals surface area contributed by atoms with Crippen LogP contribution in [0.4, 0.5) is 9.18 Å². The van der Waals surface area contributed by atoms with Crippen molar-refractivity contribution in [3.63, 3.8) is 0 Å². The fraction of sp³-hybridized carbons (Fsp3) is 0.588. The predicted molar refractivity (Wildman–Crippen MR) is 82.7 cm³/mol. The standard InChI is InChI=1S/C17H25FN2O/c18-15-9-5-7-14(13-15)8-6-12-19-17(21)20-16-10-3-1-2-4-11-16/h5,7,9,13,16H,1-4,6,8,10-12H2,(H2,19,20,21). The van der Waals surface area contributed by atoms with E-state index in [2.05, 4.69) is 10.6 Å².